The Morgan fingerprint density at radius 2 is 1.65 bits per heavy atom. The number of unbranched alkanes of at least 4 members (excludes halogenated alkanes) is 1. The summed E-state index contributed by atoms with van der Waals surface area (Å²) in [6.07, 6.45) is 7.96. The highest BCUT2D eigenvalue weighted by molar-refractivity contribution is 6.76. The highest BCUT2D eigenvalue weighted by atomic mass is 28.4. The van der Waals surface area contributed by atoms with Gasteiger partial charge in [-0.25, -0.2) is 0 Å². The summed E-state index contributed by atoms with van der Waals surface area (Å²) in [5.41, 5.74) is 0. The molecule has 0 heterocycles. The van der Waals surface area contributed by atoms with Gasteiger partial charge in [-0.15, -0.1) is 0 Å². The Balaban J connectivity index is 4.02. The van der Waals surface area contributed by atoms with E-state index in [2.05, 4.69) is 52.6 Å². The molecule has 0 bridgehead atoms. The van der Waals surface area contributed by atoms with Gasteiger partial charge in [0, 0.05) is 0 Å². The maximum absolute atomic E-state index is 6.28. The summed E-state index contributed by atoms with van der Waals surface area (Å²) in [6.45, 7) is 16.5. The third-order valence-electron chi connectivity index (χ3n) is 2.59. The first kappa shape index (κ1) is 17.3. The molecule has 0 aromatic carbocycles. The van der Waals surface area contributed by atoms with Gasteiger partial charge in [-0.2, -0.15) is 0 Å². The number of hydrogen-bond donors (Lipinski definition) is 0. The Morgan fingerprint density at radius 3 is 2.06 bits per heavy atom. The van der Waals surface area contributed by atoms with Gasteiger partial charge in [0.1, 0.15) is 6.42 Å². The van der Waals surface area contributed by atoms with Crippen LogP contribution in [0.3, 0.4) is 0 Å². The molecular formula is C14H33OSi2+. The van der Waals surface area contributed by atoms with Crippen LogP contribution in [0.4, 0.5) is 0 Å². The van der Waals surface area contributed by atoms with Crippen molar-refractivity contribution in [1.29, 1.82) is 0 Å². The molecule has 3 heteroatoms. The summed E-state index contributed by atoms with van der Waals surface area (Å²) in [5, 5.41) is 0. The van der Waals surface area contributed by atoms with E-state index in [0.29, 0.717) is 6.10 Å². The molecule has 0 aliphatic heterocycles. The number of rotatable bonds is 9. The van der Waals surface area contributed by atoms with Crippen molar-refractivity contribution in [3.8, 4) is 0 Å². The van der Waals surface area contributed by atoms with Crippen LogP contribution in [0.1, 0.15) is 32.6 Å². The molecule has 0 amide bonds. The standard InChI is InChI=1S/C14H33OSi2/c1-8-9-11-14(15-17(5,6)7)12-10-13-16(2,3)4/h10,14H,8-9,11-13H2,1-7H3/q+1. The maximum Gasteiger partial charge on any atom is 0.184 e. The second-order valence-electron chi connectivity index (χ2n) is 7.28. The molecule has 1 unspecified atom stereocenters. The van der Waals surface area contributed by atoms with Crippen LogP contribution in [-0.4, -0.2) is 22.5 Å². The van der Waals surface area contributed by atoms with Crippen molar-refractivity contribution in [2.45, 2.75) is 84.0 Å². The monoisotopic (exact) mass is 273 g/mol. The third-order valence-corrected chi connectivity index (χ3v) is 5.14. The first-order chi connectivity index (χ1) is 7.64. The summed E-state index contributed by atoms with van der Waals surface area (Å²) in [6, 6.07) is 1.32. The van der Waals surface area contributed by atoms with Gasteiger partial charge in [0.2, 0.25) is 0 Å². The lowest BCUT2D eigenvalue weighted by Crippen LogP contribution is -2.32. The summed E-state index contributed by atoms with van der Waals surface area (Å²) in [4.78, 5) is 0. The fourth-order valence-electron chi connectivity index (χ4n) is 1.86. The summed E-state index contributed by atoms with van der Waals surface area (Å²) >= 11 is 0. The van der Waals surface area contributed by atoms with Gasteiger partial charge in [0.15, 0.2) is 8.32 Å². The largest absolute Gasteiger partial charge is 0.410 e. The zero-order valence-electron chi connectivity index (χ0n) is 13.1. The molecule has 0 rings (SSSR count). The van der Waals surface area contributed by atoms with Gasteiger partial charge in [-0.1, -0.05) is 39.4 Å². The molecule has 0 spiro atoms. The first-order valence-electron chi connectivity index (χ1n) is 7.13. The van der Waals surface area contributed by atoms with Crippen molar-refractivity contribution in [2.75, 3.05) is 0 Å². The Hall–Kier alpha value is 0.264. The Kier molecular flexibility index (Phi) is 7.76. The fraction of sp³-hybridized carbons (Fsp3) is 0.929. The van der Waals surface area contributed by atoms with E-state index in [-0.39, 0.29) is 0 Å². The van der Waals surface area contributed by atoms with Crippen molar-refractivity contribution in [2.24, 2.45) is 0 Å². The second-order valence-corrected chi connectivity index (χ2v) is 17.3. The molecule has 0 fully saturated rings. The summed E-state index contributed by atoms with van der Waals surface area (Å²) in [7, 11) is -2.29. The molecule has 102 valence electrons. The zero-order valence-corrected chi connectivity index (χ0v) is 15.1. The van der Waals surface area contributed by atoms with E-state index in [1.54, 1.807) is 0 Å². The normalized spacial score (nSPS) is 14.8. The minimum absolute atomic E-state index is 0.484. The molecule has 0 saturated heterocycles. The molecule has 17 heavy (non-hydrogen) atoms. The van der Waals surface area contributed by atoms with E-state index >= 15 is 0 Å². The Labute approximate surface area is 111 Å². The van der Waals surface area contributed by atoms with Crippen molar-refractivity contribution in [3.05, 3.63) is 6.42 Å². The lowest BCUT2D eigenvalue weighted by atomic mass is 10.1. The summed E-state index contributed by atoms with van der Waals surface area (Å²) in [5.74, 6) is 0. The molecule has 0 aliphatic carbocycles. The van der Waals surface area contributed by atoms with Crippen molar-refractivity contribution >= 4 is 16.4 Å². The van der Waals surface area contributed by atoms with Crippen LogP contribution in [0.5, 0.6) is 0 Å². The first-order valence-corrected chi connectivity index (χ1v) is 14.2. The second kappa shape index (κ2) is 7.64. The topological polar surface area (TPSA) is 9.23 Å². The summed E-state index contributed by atoms with van der Waals surface area (Å²) < 4.78 is 6.28. The lowest BCUT2D eigenvalue weighted by molar-refractivity contribution is 0.179. The molecule has 0 saturated carbocycles. The van der Waals surface area contributed by atoms with Crippen LogP contribution >= 0.6 is 0 Å². The van der Waals surface area contributed by atoms with E-state index in [1.165, 1.54) is 25.3 Å². The minimum Gasteiger partial charge on any atom is -0.410 e. The molecule has 0 radical (unpaired) electrons. The SMILES string of the molecule is CCCCC(C[CH+]C[Si](C)(C)C)O[Si](C)(C)C. The van der Waals surface area contributed by atoms with Gasteiger partial charge in [0.25, 0.3) is 0 Å². The molecular weight excluding hydrogens is 240 g/mol. The van der Waals surface area contributed by atoms with Crippen LogP contribution in [-0.2, 0) is 4.43 Å². The van der Waals surface area contributed by atoms with Crippen LogP contribution in [0.25, 0.3) is 0 Å². The van der Waals surface area contributed by atoms with Crippen LogP contribution in [0.2, 0.25) is 45.3 Å². The highest BCUT2D eigenvalue weighted by Crippen LogP contribution is 2.20. The Morgan fingerprint density at radius 1 is 1.06 bits per heavy atom. The smallest absolute Gasteiger partial charge is 0.184 e. The number of hydrogen-bond acceptors (Lipinski definition) is 1. The fourth-order valence-corrected chi connectivity index (χ4v) is 4.11. The molecule has 0 aliphatic rings. The average Bonchev–Trinajstić information content (AvgIpc) is 2.09. The molecule has 0 N–H and O–H groups in total. The van der Waals surface area contributed by atoms with E-state index in [0.717, 1.165) is 6.42 Å². The quantitative estimate of drug-likeness (QED) is 0.407. The van der Waals surface area contributed by atoms with E-state index in [9.17, 15) is 0 Å². The minimum atomic E-state index is -1.37. The molecule has 0 aromatic rings. The van der Waals surface area contributed by atoms with Gasteiger partial charge < -0.3 is 4.43 Å². The molecule has 0 aromatic heterocycles. The molecule has 1 atom stereocenters. The van der Waals surface area contributed by atoms with Gasteiger partial charge >= 0.3 is 0 Å². The van der Waals surface area contributed by atoms with Gasteiger partial charge in [-0.05, 0) is 26.1 Å². The maximum atomic E-state index is 6.28. The van der Waals surface area contributed by atoms with E-state index in [1.807, 2.05) is 0 Å². The third kappa shape index (κ3) is 12.5. The van der Waals surface area contributed by atoms with Crippen LogP contribution < -0.4 is 0 Å². The average molecular weight is 274 g/mol. The zero-order chi connectivity index (χ0) is 13.5. The van der Waals surface area contributed by atoms with Crippen LogP contribution in [0, 0.1) is 6.42 Å². The van der Waals surface area contributed by atoms with E-state index < -0.39 is 16.4 Å². The highest BCUT2D eigenvalue weighted by Gasteiger charge is 2.25. The Bertz CT molecular complexity index is 191. The van der Waals surface area contributed by atoms with Crippen molar-refractivity contribution in [1.82, 2.24) is 0 Å². The molecule has 1 nitrogen and oxygen atoms in total. The van der Waals surface area contributed by atoms with Crippen LogP contribution in [0.15, 0.2) is 0 Å². The van der Waals surface area contributed by atoms with Crippen molar-refractivity contribution in [3.63, 3.8) is 0 Å². The lowest BCUT2D eigenvalue weighted by Gasteiger charge is -2.24. The van der Waals surface area contributed by atoms with Crippen molar-refractivity contribution < 1.29 is 4.43 Å². The van der Waals surface area contributed by atoms with E-state index in [4.69, 9.17) is 4.43 Å². The predicted molar refractivity (Wildman–Crippen MR) is 84.8 cm³/mol. The van der Waals surface area contributed by atoms with Gasteiger partial charge in [0.05, 0.1) is 26.6 Å². The van der Waals surface area contributed by atoms with Gasteiger partial charge in [-0.3, -0.25) is 0 Å². The predicted octanol–water partition coefficient (Wildman–Crippen LogP) is 5.33.